The average molecular weight is 169 g/mol. The molecule has 1 aliphatic heterocycles. The molecule has 0 bridgehead atoms. The molecule has 0 saturated carbocycles. The second-order valence-electron chi connectivity index (χ2n) is 2.81. The number of hydrogen-bond donors (Lipinski definition) is 0. The Balaban J connectivity index is 2.21. The van der Waals surface area contributed by atoms with Crippen LogP contribution in [0.3, 0.4) is 0 Å². The van der Waals surface area contributed by atoms with Crippen molar-refractivity contribution >= 4 is 11.6 Å². The molecule has 1 fully saturated rings. The maximum atomic E-state index is 5.73. The summed E-state index contributed by atoms with van der Waals surface area (Å²) in [7, 11) is 0. The molecule has 1 aromatic rings. The van der Waals surface area contributed by atoms with Crippen molar-refractivity contribution in [2.24, 2.45) is 0 Å². The quantitative estimate of drug-likeness (QED) is 0.588. The molecule has 1 nitrogen and oxygen atoms in total. The molecule has 0 N–H and O–H groups in total. The topological polar surface area (TPSA) is 12.5 Å². The molecule has 0 aromatic heterocycles. The molecule has 2 atom stereocenters. The van der Waals surface area contributed by atoms with E-state index < -0.39 is 0 Å². The van der Waals surface area contributed by atoms with Crippen LogP contribution in [0.5, 0.6) is 0 Å². The Bertz CT molecular complexity index is 255. The van der Waals surface area contributed by atoms with E-state index in [1.54, 1.807) is 0 Å². The molecule has 2 heteroatoms. The maximum absolute atomic E-state index is 5.73. The number of hydrogen-bond acceptors (Lipinski definition) is 1. The van der Waals surface area contributed by atoms with Crippen molar-refractivity contribution in [3.05, 3.63) is 34.9 Å². The van der Waals surface area contributed by atoms with Crippen LogP contribution >= 0.6 is 11.6 Å². The minimum absolute atomic E-state index is 0.312. The van der Waals surface area contributed by atoms with E-state index in [1.807, 2.05) is 24.3 Å². The van der Waals surface area contributed by atoms with Crippen LogP contribution in [0.2, 0.25) is 5.02 Å². The van der Waals surface area contributed by atoms with Crippen LogP contribution in [0.4, 0.5) is 0 Å². The SMILES string of the molecule is C[C@H]1O[C@H]1c1ccc(Cl)cc1. The zero-order valence-corrected chi connectivity index (χ0v) is 7.01. The van der Waals surface area contributed by atoms with Gasteiger partial charge in [-0.25, -0.2) is 0 Å². The predicted molar refractivity (Wildman–Crippen MR) is 44.7 cm³/mol. The van der Waals surface area contributed by atoms with Crippen molar-refractivity contribution in [2.75, 3.05) is 0 Å². The van der Waals surface area contributed by atoms with E-state index in [0.29, 0.717) is 12.2 Å². The number of ether oxygens (including phenoxy) is 1. The molecular formula is C9H9ClO. The molecule has 1 saturated heterocycles. The Morgan fingerprint density at radius 2 is 1.82 bits per heavy atom. The van der Waals surface area contributed by atoms with Gasteiger partial charge >= 0.3 is 0 Å². The van der Waals surface area contributed by atoms with Gasteiger partial charge in [0.05, 0.1) is 6.10 Å². The van der Waals surface area contributed by atoms with Crippen molar-refractivity contribution in [3.8, 4) is 0 Å². The first-order valence-corrected chi connectivity index (χ1v) is 4.06. The molecule has 1 aromatic carbocycles. The predicted octanol–water partition coefficient (Wildman–Crippen LogP) is 2.80. The fourth-order valence-electron chi connectivity index (χ4n) is 1.19. The highest BCUT2D eigenvalue weighted by Crippen LogP contribution is 2.38. The highest BCUT2D eigenvalue weighted by molar-refractivity contribution is 6.30. The molecule has 0 aliphatic carbocycles. The maximum Gasteiger partial charge on any atom is 0.109 e. The van der Waals surface area contributed by atoms with Gasteiger partial charge in [-0.2, -0.15) is 0 Å². The third-order valence-corrected chi connectivity index (χ3v) is 2.16. The van der Waals surface area contributed by atoms with Gasteiger partial charge in [0.1, 0.15) is 6.10 Å². The van der Waals surface area contributed by atoms with Gasteiger partial charge in [-0.15, -0.1) is 0 Å². The molecule has 1 heterocycles. The number of epoxide rings is 1. The van der Waals surface area contributed by atoms with E-state index >= 15 is 0 Å². The second kappa shape index (κ2) is 2.50. The minimum atomic E-state index is 0.312. The zero-order chi connectivity index (χ0) is 7.84. The van der Waals surface area contributed by atoms with Crippen LogP contribution in [-0.4, -0.2) is 6.10 Å². The Morgan fingerprint density at radius 1 is 1.27 bits per heavy atom. The van der Waals surface area contributed by atoms with Gasteiger partial charge in [0.2, 0.25) is 0 Å². The summed E-state index contributed by atoms with van der Waals surface area (Å²) in [5.41, 5.74) is 1.22. The lowest BCUT2D eigenvalue weighted by atomic mass is 10.1. The average Bonchev–Trinajstić information content (AvgIpc) is 2.69. The third kappa shape index (κ3) is 1.39. The van der Waals surface area contributed by atoms with Crippen LogP contribution in [0, 0.1) is 0 Å². The van der Waals surface area contributed by atoms with Gasteiger partial charge in [0, 0.05) is 5.02 Å². The number of rotatable bonds is 1. The lowest BCUT2D eigenvalue weighted by molar-refractivity contribution is 0.383. The van der Waals surface area contributed by atoms with E-state index in [4.69, 9.17) is 16.3 Å². The monoisotopic (exact) mass is 168 g/mol. The van der Waals surface area contributed by atoms with Crippen LogP contribution in [0.15, 0.2) is 24.3 Å². The van der Waals surface area contributed by atoms with Crippen molar-refractivity contribution in [1.29, 1.82) is 0 Å². The minimum Gasteiger partial charge on any atom is -0.365 e. The Labute approximate surface area is 70.9 Å². The van der Waals surface area contributed by atoms with Gasteiger partial charge in [0.25, 0.3) is 0 Å². The molecule has 2 rings (SSSR count). The number of halogens is 1. The zero-order valence-electron chi connectivity index (χ0n) is 6.25. The first kappa shape index (κ1) is 7.14. The third-order valence-electron chi connectivity index (χ3n) is 1.91. The summed E-state index contributed by atoms with van der Waals surface area (Å²) in [5.74, 6) is 0. The van der Waals surface area contributed by atoms with Crippen molar-refractivity contribution in [2.45, 2.75) is 19.1 Å². The lowest BCUT2D eigenvalue weighted by Gasteiger charge is -1.93. The summed E-state index contributed by atoms with van der Waals surface area (Å²) < 4.78 is 5.30. The van der Waals surface area contributed by atoms with Crippen LogP contribution in [-0.2, 0) is 4.74 Å². The smallest absolute Gasteiger partial charge is 0.109 e. The first-order valence-electron chi connectivity index (χ1n) is 3.68. The second-order valence-corrected chi connectivity index (χ2v) is 3.25. The Hall–Kier alpha value is -0.530. The van der Waals surface area contributed by atoms with Crippen molar-refractivity contribution < 1.29 is 4.74 Å². The van der Waals surface area contributed by atoms with Crippen molar-refractivity contribution in [3.63, 3.8) is 0 Å². The summed E-state index contributed by atoms with van der Waals surface area (Å²) in [6.07, 6.45) is 0.698. The lowest BCUT2D eigenvalue weighted by Crippen LogP contribution is -1.81. The largest absolute Gasteiger partial charge is 0.365 e. The van der Waals surface area contributed by atoms with E-state index in [-0.39, 0.29) is 0 Å². The summed E-state index contributed by atoms with van der Waals surface area (Å²) >= 11 is 5.73. The standard InChI is InChI=1S/C9H9ClO/c1-6-9(11-6)7-2-4-8(10)5-3-7/h2-6,9H,1H3/t6-,9-/m1/s1. The van der Waals surface area contributed by atoms with Gasteiger partial charge in [-0.3, -0.25) is 0 Å². The Morgan fingerprint density at radius 3 is 2.27 bits per heavy atom. The Kier molecular flexibility index (Phi) is 1.63. The molecule has 0 spiro atoms. The van der Waals surface area contributed by atoms with Gasteiger partial charge in [-0.05, 0) is 24.6 Å². The van der Waals surface area contributed by atoms with E-state index in [2.05, 4.69) is 6.92 Å². The van der Waals surface area contributed by atoms with Gasteiger partial charge < -0.3 is 4.74 Å². The highest BCUT2D eigenvalue weighted by atomic mass is 35.5. The molecule has 11 heavy (non-hydrogen) atoms. The van der Waals surface area contributed by atoms with Gasteiger partial charge in [0.15, 0.2) is 0 Å². The number of benzene rings is 1. The van der Waals surface area contributed by atoms with Crippen molar-refractivity contribution in [1.82, 2.24) is 0 Å². The van der Waals surface area contributed by atoms with E-state index in [0.717, 1.165) is 5.02 Å². The van der Waals surface area contributed by atoms with E-state index in [1.165, 1.54) is 5.56 Å². The summed E-state index contributed by atoms with van der Waals surface area (Å²) in [5, 5.41) is 0.780. The summed E-state index contributed by atoms with van der Waals surface area (Å²) in [6, 6.07) is 7.81. The van der Waals surface area contributed by atoms with Crippen LogP contribution in [0.25, 0.3) is 0 Å². The summed E-state index contributed by atoms with van der Waals surface area (Å²) in [4.78, 5) is 0. The van der Waals surface area contributed by atoms with Crippen LogP contribution < -0.4 is 0 Å². The summed E-state index contributed by atoms with van der Waals surface area (Å²) in [6.45, 7) is 2.07. The fourth-order valence-corrected chi connectivity index (χ4v) is 1.31. The first-order chi connectivity index (χ1) is 5.27. The normalized spacial score (nSPS) is 28.5. The van der Waals surface area contributed by atoms with Crippen LogP contribution in [0.1, 0.15) is 18.6 Å². The molecular weight excluding hydrogens is 160 g/mol. The molecule has 0 unspecified atom stereocenters. The highest BCUT2D eigenvalue weighted by Gasteiger charge is 2.35. The molecule has 0 amide bonds. The molecule has 0 radical (unpaired) electrons. The molecule has 1 aliphatic rings. The molecule has 58 valence electrons. The fraction of sp³-hybridized carbons (Fsp3) is 0.333. The van der Waals surface area contributed by atoms with Gasteiger partial charge in [-0.1, -0.05) is 23.7 Å². The van der Waals surface area contributed by atoms with E-state index in [9.17, 15) is 0 Å².